The van der Waals surface area contributed by atoms with Crippen molar-refractivity contribution in [3.63, 3.8) is 0 Å². The Balaban J connectivity index is 1.48. The summed E-state index contributed by atoms with van der Waals surface area (Å²) < 4.78 is 24.2. The zero-order chi connectivity index (χ0) is 21.1. The fourth-order valence-electron chi connectivity index (χ4n) is 4.90. The Bertz CT molecular complexity index is 772. The van der Waals surface area contributed by atoms with Gasteiger partial charge in [-0.1, -0.05) is 43.5 Å². The minimum Gasteiger partial charge on any atom is -0.299 e. The summed E-state index contributed by atoms with van der Waals surface area (Å²) in [5, 5.41) is 0. The van der Waals surface area contributed by atoms with Gasteiger partial charge < -0.3 is 0 Å². The van der Waals surface area contributed by atoms with Crippen LogP contribution in [0.1, 0.15) is 95.6 Å². The average Bonchev–Trinajstić information content (AvgIpc) is 2.68. The van der Waals surface area contributed by atoms with Crippen molar-refractivity contribution in [2.75, 3.05) is 5.75 Å². The molecule has 0 atom stereocenters. The van der Waals surface area contributed by atoms with Crippen LogP contribution in [0.4, 0.5) is 0 Å². The molecule has 0 heterocycles. The van der Waals surface area contributed by atoms with Gasteiger partial charge in [0.25, 0.3) is 0 Å². The highest BCUT2D eigenvalue weighted by molar-refractivity contribution is 7.92. The Morgan fingerprint density at radius 2 is 1.48 bits per heavy atom. The predicted octanol–water partition coefficient (Wildman–Crippen LogP) is 5.87. The van der Waals surface area contributed by atoms with Gasteiger partial charge in [-0.25, -0.2) is 8.42 Å². The van der Waals surface area contributed by atoms with E-state index in [2.05, 4.69) is 24.3 Å². The molecule has 3 rings (SSSR count). The van der Waals surface area contributed by atoms with Gasteiger partial charge in [0.15, 0.2) is 9.84 Å². The molecule has 0 aromatic heterocycles. The molecule has 2 aliphatic rings. The Kier molecular flexibility index (Phi) is 7.24. The van der Waals surface area contributed by atoms with Crippen LogP contribution in [0.15, 0.2) is 24.3 Å². The Hall–Kier alpha value is -1.16. The largest absolute Gasteiger partial charge is 0.299 e. The van der Waals surface area contributed by atoms with Crippen molar-refractivity contribution in [1.29, 1.82) is 0 Å². The van der Waals surface area contributed by atoms with E-state index in [9.17, 15) is 13.2 Å². The molecule has 1 aromatic rings. The third-order valence-corrected chi connectivity index (χ3v) is 9.90. The van der Waals surface area contributed by atoms with E-state index in [1.807, 2.05) is 0 Å². The third-order valence-electron chi connectivity index (χ3n) is 7.12. The smallest absolute Gasteiger partial charge is 0.155 e. The molecule has 3 nitrogen and oxygen atoms in total. The van der Waals surface area contributed by atoms with Gasteiger partial charge in [0.1, 0.15) is 5.78 Å². The summed E-state index contributed by atoms with van der Waals surface area (Å²) >= 11 is 0. The van der Waals surface area contributed by atoms with Crippen LogP contribution in [0.5, 0.6) is 0 Å². The van der Waals surface area contributed by atoms with E-state index in [1.54, 1.807) is 20.8 Å². The molecule has 0 unspecified atom stereocenters. The standard InChI is InChI=1S/C25H38O3S/c1-25(2,3)29(27,28)18-20-11-15-23(16-12-20)24(26)17-19-9-13-22(14-10-19)21-7-5-4-6-8-21/h9-10,13-14,20-21,23H,4-8,11-12,15-18H2,1-3H3. The fourth-order valence-corrected chi connectivity index (χ4v) is 6.35. The highest BCUT2D eigenvalue weighted by Crippen LogP contribution is 2.34. The lowest BCUT2D eigenvalue weighted by atomic mass is 9.79. The van der Waals surface area contributed by atoms with Crippen molar-refractivity contribution in [1.82, 2.24) is 0 Å². The van der Waals surface area contributed by atoms with Crippen LogP contribution in [-0.4, -0.2) is 24.7 Å². The van der Waals surface area contributed by atoms with Crippen LogP contribution in [0.2, 0.25) is 0 Å². The second-order valence-electron chi connectivity index (χ2n) is 10.3. The first kappa shape index (κ1) is 22.5. The molecule has 0 aliphatic heterocycles. The van der Waals surface area contributed by atoms with E-state index in [4.69, 9.17) is 0 Å². The SMILES string of the molecule is CC(C)(C)S(=O)(=O)CC1CCC(C(=O)Cc2ccc(C3CCCCC3)cc2)CC1. The lowest BCUT2D eigenvalue weighted by Gasteiger charge is -2.30. The van der Waals surface area contributed by atoms with E-state index < -0.39 is 14.6 Å². The van der Waals surface area contributed by atoms with Crippen LogP contribution in [0.25, 0.3) is 0 Å². The molecule has 0 bridgehead atoms. The lowest BCUT2D eigenvalue weighted by Crippen LogP contribution is -2.35. The normalized spacial score (nSPS) is 24.4. The molecule has 0 amide bonds. The van der Waals surface area contributed by atoms with Crippen LogP contribution >= 0.6 is 0 Å². The topological polar surface area (TPSA) is 51.2 Å². The maximum absolute atomic E-state index is 12.8. The summed E-state index contributed by atoms with van der Waals surface area (Å²) in [6.45, 7) is 5.32. The molecule has 0 spiro atoms. The van der Waals surface area contributed by atoms with Crippen molar-refractivity contribution >= 4 is 15.6 Å². The summed E-state index contributed by atoms with van der Waals surface area (Å²) in [6, 6.07) is 8.74. The quantitative estimate of drug-likeness (QED) is 0.581. The Labute approximate surface area is 177 Å². The van der Waals surface area contributed by atoms with E-state index >= 15 is 0 Å². The molecule has 4 heteroatoms. The second kappa shape index (κ2) is 9.32. The van der Waals surface area contributed by atoms with Crippen molar-refractivity contribution < 1.29 is 13.2 Å². The van der Waals surface area contributed by atoms with Gasteiger partial charge >= 0.3 is 0 Å². The Morgan fingerprint density at radius 3 is 2.03 bits per heavy atom. The van der Waals surface area contributed by atoms with E-state index in [-0.39, 0.29) is 17.6 Å². The molecular weight excluding hydrogens is 380 g/mol. The number of hydrogen-bond acceptors (Lipinski definition) is 3. The van der Waals surface area contributed by atoms with E-state index in [0.29, 0.717) is 18.1 Å². The first-order valence-corrected chi connectivity index (χ1v) is 13.1. The molecular formula is C25H38O3S. The van der Waals surface area contributed by atoms with Crippen LogP contribution in [0, 0.1) is 11.8 Å². The number of sulfone groups is 1. The van der Waals surface area contributed by atoms with Gasteiger partial charge in [0.2, 0.25) is 0 Å². The minimum absolute atomic E-state index is 0.0987. The maximum atomic E-state index is 12.8. The van der Waals surface area contributed by atoms with Gasteiger partial charge in [0.05, 0.1) is 10.5 Å². The maximum Gasteiger partial charge on any atom is 0.155 e. The Morgan fingerprint density at radius 1 is 0.897 bits per heavy atom. The van der Waals surface area contributed by atoms with Gasteiger partial charge in [0, 0.05) is 12.3 Å². The number of ketones is 1. The van der Waals surface area contributed by atoms with E-state index in [1.165, 1.54) is 37.7 Å². The number of benzene rings is 1. The van der Waals surface area contributed by atoms with Gasteiger partial charge in [-0.2, -0.15) is 0 Å². The van der Waals surface area contributed by atoms with Gasteiger partial charge in [-0.3, -0.25) is 4.79 Å². The highest BCUT2D eigenvalue weighted by atomic mass is 32.2. The zero-order valence-corrected chi connectivity index (χ0v) is 19.3. The van der Waals surface area contributed by atoms with Crippen molar-refractivity contribution in [3.8, 4) is 0 Å². The van der Waals surface area contributed by atoms with Crippen molar-refractivity contribution in [3.05, 3.63) is 35.4 Å². The van der Waals surface area contributed by atoms with Crippen LogP contribution in [-0.2, 0) is 21.1 Å². The summed E-state index contributed by atoms with van der Waals surface area (Å²) in [6.07, 6.45) is 10.5. The second-order valence-corrected chi connectivity index (χ2v) is 13.1. The lowest BCUT2D eigenvalue weighted by molar-refractivity contribution is -0.123. The summed E-state index contributed by atoms with van der Waals surface area (Å²) in [4.78, 5) is 12.8. The molecule has 1 aromatic carbocycles. The fraction of sp³-hybridized carbons (Fsp3) is 0.720. The summed E-state index contributed by atoms with van der Waals surface area (Å²) in [5.74, 6) is 1.60. The molecule has 0 radical (unpaired) electrons. The number of rotatable bonds is 6. The van der Waals surface area contributed by atoms with Crippen molar-refractivity contribution in [2.45, 2.75) is 95.6 Å². The van der Waals surface area contributed by atoms with E-state index in [0.717, 1.165) is 31.2 Å². The number of Topliss-reactive ketones (excluding diaryl/α,β-unsaturated/α-hetero) is 1. The van der Waals surface area contributed by atoms with Gasteiger partial charge in [-0.05, 0) is 82.3 Å². The first-order valence-electron chi connectivity index (χ1n) is 11.5. The van der Waals surface area contributed by atoms with Crippen LogP contribution in [0.3, 0.4) is 0 Å². The molecule has 162 valence electrons. The molecule has 29 heavy (non-hydrogen) atoms. The minimum atomic E-state index is -3.08. The van der Waals surface area contributed by atoms with Crippen LogP contribution < -0.4 is 0 Å². The molecule has 2 saturated carbocycles. The summed E-state index contributed by atoms with van der Waals surface area (Å²) in [7, 11) is -3.08. The third kappa shape index (κ3) is 5.93. The van der Waals surface area contributed by atoms with Crippen molar-refractivity contribution in [2.24, 2.45) is 11.8 Å². The average molecular weight is 419 g/mol. The first-order chi connectivity index (χ1) is 13.7. The summed E-state index contributed by atoms with van der Waals surface area (Å²) in [5.41, 5.74) is 2.55. The molecule has 2 fully saturated rings. The molecule has 0 saturated heterocycles. The zero-order valence-electron chi connectivity index (χ0n) is 18.5. The van der Waals surface area contributed by atoms with Gasteiger partial charge in [-0.15, -0.1) is 0 Å². The number of hydrogen-bond donors (Lipinski definition) is 0. The number of carbonyl (C=O) groups excluding carboxylic acids is 1. The molecule has 2 aliphatic carbocycles. The predicted molar refractivity (Wildman–Crippen MR) is 120 cm³/mol. The number of carbonyl (C=O) groups is 1. The highest BCUT2D eigenvalue weighted by Gasteiger charge is 2.34. The molecule has 0 N–H and O–H groups in total. The monoisotopic (exact) mass is 418 g/mol.